The molecule has 0 aliphatic rings. The molecule has 15 heavy (non-hydrogen) atoms. The molecular weight excluding hydrogens is 190 g/mol. The number of rotatable bonds is 1. The van der Waals surface area contributed by atoms with E-state index in [1.54, 1.807) is 18.2 Å². The SMILES string of the molecule is N#Cc1cc(N)ccc1C#CCN=[N+]=[N-]. The maximum Gasteiger partial charge on any atom is 0.101 e. The quantitative estimate of drug-likeness (QED) is 0.244. The van der Waals surface area contributed by atoms with E-state index in [9.17, 15) is 0 Å². The number of nitriles is 1. The van der Waals surface area contributed by atoms with Crippen LogP contribution in [0.3, 0.4) is 0 Å². The molecule has 0 heterocycles. The van der Waals surface area contributed by atoms with Gasteiger partial charge in [-0.05, 0) is 23.7 Å². The van der Waals surface area contributed by atoms with E-state index in [-0.39, 0.29) is 6.54 Å². The second kappa shape index (κ2) is 5.18. The van der Waals surface area contributed by atoms with Gasteiger partial charge in [0.15, 0.2) is 0 Å². The van der Waals surface area contributed by atoms with Crippen LogP contribution < -0.4 is 5.73 Å². The molecule has 5 nitrogen and oxygen atoms in total. The molecule has 0 aliphatic heterocycles. The molecule has 0 spiro atoms. The smallest absolute Gasteiger partial charge is 0.101 e. The summed E-state index contributed by atoms with van der Waals surface area (Å²) in [5.74, 6) is 5.37. The lowest BCUT2D eigenvalue weighted by Gasteiger charge is -1.96. The molecule has 1 rings (SSSR count). The number of nitrogen functional groups attached to an aromatic ring is 1. The highest BCUT2D eigenvalue weighted by molar-refractivity contribution is 5.55. The van der Waals surface area contributed by atoms with Crippen molar-refractivity contribution >= 4 is 5.69 Å². The number of anilines is 1. The van der Waals surface area contributed by atoms with Gasteiger partial charge in [0.25, 0.3) is 0 Å². The van der Waals surface area contributed by atoms with E-state index in [2.05, 4.69) is 21.9 Å². The minimum atomic E-state index is 0.0890. The molecule has 0 aliphatic carbocycles. The molecule has 0 bridgehead atoms. The van der Waals surface area contributed by atoms with E-state index in [1.807, 2.05) is 6.07 Å². The average molecular weight is 197 g/mol. The fraction of sp³-hybridized carbons (Fsp3) is 0.100. The summed E-state index contributed by atoms with van der Waals surface area (Å²) in [6.45, 7) is 0.0890. The van der Waals surface area contributed by atoms with Crippen molar-refractivity contribution in [2.75, 3.05) is 12.3 Å². The second-order valence-electron chi connectivity index (χ2n) is 2.61. The number of benzene rings is 1. The third kappa shape index (κ3) is 2.96. The van der Waals surface area contributed by atoms with Crippen molar-refractivity contribution in [2.24, 2.45) is 5.11 Å². The lowest BCUT2D eigenvalue weighted by Crippen LogP contribution is -1.89. The molecule has 0 fully saturated rings. The summed E-state index contributed by atoms with van der Waals surface area (Å²) in [6.07, 6.45) is 0. The monoisotopic (exact) mass is 197 g/mol. The number of azide groups is 1. The zero-order valence-electron chi connectivity index (χ0n) is 7.81. The summed E-state index contributed by atoms with van der Waals surface area (Å²) >= 11 is 0. The minimum Gasteiger partial charge on any atom is -0.399 e. The second-order valence-corrected chi connectivity index (χ2v) is 2.61. The highest BCUT2D eigenvalue weighted by Crippen LogP contribution is 2.11. The van der Waals surface area contributed by atoms with Crippen LogP contribution in [-0.4, -0.2) is 6.54 Å². The van der Waals surface area contributed by atoms with E-state index in [0.29, 0.717) is 16.8 Å². The minimum absolute atomic E-state index is 0.0890. The number of nitrogens with zero attached hydrogens (tertiary/aromatic N) is 4. The number of hydrogen-bond acceptors (Lipinski definition) is 3. The summed E-state index contributed by atoms with van der Waals surface area (Å²) in [6, 6.07) is 6.87. The van der Waals surface area contributed by atoms with E-state index < -0.39 is 0 Å². The van der Waals surface area contributed by atoms with Crippen LogP contribution in [-0.2, 0) is 0 Å². The Labute approximate surface area is 86.8 Å². The standard InChI is InChI=1S/C10H7N5/c11-7-9-6-10(12)4-3-8(9)2-1-5-14-15-13/h3-4,6H,5,12H2. The van der Waals surface area contributed by atoms with Crippen LogP contribution in [0.15, 0.2) is 23.3 Å². The number of hydrogen-bond donors (Lipinski definition) is 1. The van der Waals surface area contributed by atoms with Crippen LogP contribution in [0.5, 0.6) is 0 Å². The molecule has 0 radical (unpaired) electrons. The van der Waals surface area contributed by atoms with Crippen LogP contribution >= 0.6 is 0 Å². The highest BCUT2D eigenvalue weighted by atomic mass is 15.1. The summed E-state index contributed by atoms with van der Waals surface area (Å²) in [7, 11) is 0. The molecule has 0 aromatic heterocycles. The van der Waals surface area contributed by atoms with Crippen LogP contribution in [0, 0.1) is 23.2 Å². The van der Waals surface area contributed by atoms with Crippen molar-refractivity contribution < 1.29 is 0 Å². The molecule has 0 amide bonds. The molecule has 1 aromatic rings. The first-order valence-corrected chi connectivity index (χ1v) is 4.07. The van der Waals surface area contributed by atoms with Crippen molar-refractivity contribution in [3.8, 4) is 17.9 Å². The fourth-order valence-corrected chi connectivity index (χ4v) is 0.965. The lowest BCUT2D eigenvalue weighted by atomic mass is 10.1. The van der Waals surface area contributed by atoms with Gasteiger partial charge in [0, 0.05) is 16.2 Å². The van der Waals surface area contributed by atoms with Crippen molar-refractivity contribution in [3.05, 3.63) is 39.8 Å². The van der Waals surface area contributed by atoms with E-state index in [1.165, 1.54) is 0 Å². The molecule has 0 unspecified atom stereocenters. The van der Waals surface area contributed by atoms with Gasteiger partial charge < -0.3 is 5.73 Å². The Hall–Kier alpha value is -2.62. The predicted octanol–water partition coefficient (Wildman–Crippen LogP) is 1.80. The zero-order chi connectivity index (χ0) is 11.1. The molecule has 1 aromatic carbocycles. The molecule has 0 atom stereocenters. The third-order valence-corrected chi connectivity index (χ3v) is 1.60. The molecule has 72 valence electrons. The van der Waals surface area contributed by atoms with E-state index in [4.69, 9.17) is 16.5 Å². The van der Waals surface area contributed by atoms with Gasteiger partial charge in [0.1, 0.15) is 6.07 Å². The van der Waals surface area contributed by atoms with Gasteiger partial charge in [0.2, 0.25) is 0 Å². The van der Waals surface area contributed by atoms with Crippen molar-refractivity contribution in [3.63, 3.8) is 0 Å². The Morgan fingerprint density at radius 1 is 1.47 bits per heavy atom. The number of nitrogens with two attached hydrogens (primary N) is 1. The zero-order valence-corrected chi connectivity index (χ0v) is 7.81. The van der Waals surface area contributed by atoms with Crippen LogP contribution in [0.4, 0.5) is 5.69 Å². The first-order valence-electron chi connectivity index (χ1n) is 4.07. The van der Waals surface area contributed by atoms with Gasteiger partial charge in [-0.25, -0.2) is 0 Å². The van der Waals surface area contributed by atoms with Gasteiger partial charge in [-0.3, -0.25) is 0 Å². The first-order chi connectivity index (χ1) is 7.27. The lowest BCUT2D eigenvalue weighted by molar-refractivity contribution is 1.25. The Morgan fingerprint density at radius 2 is 2.27 bits per heavy atom. The Kier molecular flexibility index (Phi) is 3.61. The predicted molar refractivity (Wildman–Crippen MR) is 56.5 cm³/mol. The molecule has 0 saturated carbocycles. The molecule has 2 N–H and O–H groups in total. The normalized spacial score (nSPS) is 7.93. The summed E-state index contributed by atoms with van der Waals surface area (Å²) in [5, 5.41) is 12.0. The van der Waals surface area contributed by atoms with Crippen molar-refractivity contribution in [2.45, 2.75) is 0 Å². The Morgan fingerprint density at radius 3 is 2.93 bits per heavy atom. The molecule has 0 saturated heterocycles. The van der Waals surface area contributed by atoms with Gasteiger partial charge in [-0.15, -0.1) is 0 Å². The van der Waals surface area contributed by atoms with Crippen molar-refractivity contribution in [1.82, 2.24) is 0 Å². The summed E-state index contributed by atoms with van der Waals surface area (Å²) in [5.41, 5.74) is 15.1. The van der Waals surface area contributed by atoms with Gasteiger partial charge in [-0.1, -0.05) is 17.0 Å². The average Bonchev–Trinajstić information content (AvgIpc) is 2.26. The van der Waals surface area contributed by atoms with E-state index >= 15 is 0 Å². The van der Waals surface area contributed by atoms with E-state index in [0.717, 1.165) is 0 Å². The topological polar surface area (TPSA) is 98.6 Å². The maximum absolute atomic E-state index is 8.79. The van der Waals surface area contributed by atoms with Crippen LogP contribution in [0.2, 0.25) is 0 Å². The summed E-state index contributed by atoms with van der Waals surface area (Å²) < 4.78 is 0. The van der Waals surface area contributed by atoms with Crippen LogP contribution in [0.1, 0.15) is 11.1 Å². The molecule has 5 heteroatoms. The van der Waals surface area contributed by atoms with Gasteiger partial charge in [0.05, 0.1) is 12.1 Å². The maximum atomic E-state index is 8.79. The van der Waals surface area contributed by atoms with Gasteiger partial charge >= 0.3 is 0 Å². The highest BCUT2D eigenvalue weighted by Gasteiger charge is 1.98. The first kappa shape index (κ1) is 10.5. The molecular formula is C10H7N5. The Balaban J connectivity index is 2.98. The van der Waals surface area contributed by atoms with Crippen LogP contribution in [0.25, 0.3) is 10.4 Å². The largest absolute Gasteiger partial charge is 0.399 e. The summed E-state index contributed by atoms with van der Waals surface area (Å²) in [4.78, 5) is 2.56. The Bertz CT molecular complexity index is 509. The van der Waals surface area contributed by atoms with Crippen molar-refractivity contribution in [1.29, 1.82) is 5.26 Å². The fourth-order valence-electron chi connectivity index (χ4n) is 0.965. The third-order valence-electron chi connectivity index (χ3n) is 1.60. The van der Waals surface area contributed by atoms with Gasteiger partial charge in [-0.2, -0.15) is 5.26 Å².